The Balaban J connectivity index is 2.61. The van der Waals surface area contributed by atoms with Crippen LogP contribution in [-0.4, -0.2) is 78.3 Å². The molecule has 0 amide bonds. The van der Waals surface area contributed by atoms with Crippen LogP contribution in [0.4, 0.5) is 0 Å². The Labute approximate surface area is 459 Å². The Hall–Kier alpha value is -1.71. The van der Waals surface area contributed by atoms with Crippen LogP contribution >= 0.6 is 0 Å². The summed E-state index contributed by atoms with van der Waals surface area (Å²) < 4.78 is 25.2. The van der Waals surface area contributed by atoms with Crippen molar-refractivity contribution in [2.24, 2.45) is 0 Å². The van der Waals surface area contributed by atoms with Crippen molar-refractivity contribution in [1.29, 1.82) is 0 Å². The zero-order valence-corrected chi connectivity index (χ0v) is 50.0. The second-order valence-electron chi connectivity index (χ2n) is 23.1. The number of hydrogen-bond acceptors (Lipinski definition) is 9. The van der Waals surface area contributed by atoms with Gasteiger partial charge in [-0.25, -0.2) is 0 Å². The van der Waals surface area contributed by atoms with Gasteiger partial charge in [0.15, 0.2) is 0 Å². The van der Waals surface area contributed by atoms with Crippen molar-refractivity contribution >= 4 is 17.9 Å². The van der Waals surface area contributed by atoms with E-state index < -0.39 is 17.9 Å². The maximum absolute atomic E-state index is 13.9. The normalized spacial score (nSPS) is 15.1. The number of unbranched alkanes of at least 4 members (excludes halogenated alkanes) is 35. The molecule has 9 nitrogen and oxygen atoms in total. The number of β-amino-alcohol motifs (C(OH)–C–C–N with tert-alkyl or cyclic N) is 1. The number of carbonyl (C=O) groups excluding carboxylic acids is 3. The fourth-order valence-electron chi connectivity index (χ4n) is 11.0. The summed E-state index contributed by atoms with van der Waals surface area (Å²) in [4.78, 5) is 41.3. The van der Waals surface area contributed by atoms with E-state index in [4.69, 9.17) is 18.9 Å². The molecule has 0 aromatic carbocycles. The SMILES string of the molecule is CCCCCCCCCCCOC(=O)CCCCCN1CC(O)C[C@H]1C(=O)OCCCCCCCCC(=O)OC(CCCCCCCC)(CCCCCCCC)OC(CCCCCCCC)CCCCCCCC. The predicted octanol–water partition coefficient (Wildman–Crippen LogP) is 19.0. The molecule has 0 aromatic rings. The molecule has 0 saturated carbocycles. The summed E-state index contributed by atoms with van der Waals surface area (Å²) in [6, 6.07) is -0.404. The third-order valence-corrected chi connectivity index (χ3v) is 15.8. The molecule has 1 aliphatic heterocycles. The number of hydrogen-bond donors (Lipinski definition) is 1. The van der Waals surface area contributed by atoms with Gasteiger partial charge in [0.25, 0.3) is 0 Å². The second-order valence-corrected chi connectivity index (χ2v) is 23.1. The van der Waals surface area contributed by atoms with Crippen molar-refractivity contribution in [3.8, 4) is 0 Å². The first kappa shape index (κ1) is 70.3. The first-order chi connectivity index (χ1) is 36.2. The van der Waals surface area contributed by atoms with Crippen molar-refractivity contribution in [3.05, 3.63) is 0 Å². The fraction of sp³-hybridized carbons (Fsp3) is 0.954. The van der Waals surface area contributed by atoms with Crippen molar-refractivity contribution in [1.82, 2.24) is 4.90 Å². The predicted molar refractivity (Wildman–Crippen MR) is 312 cm³/mol. The number of nitrogens with zero attached hydrogens (tertiary/aromatic N) is 1. The molecular formula is C65H125NO8. The zero-order valence-electron chi connectivity index (χ0n) is 50.0. The molecule has 1 rings (SSSR count). The summed E-state index contributed by atoms with van der Waals surface area (Å²) in [6.45, 7) is 13.5. The monoisotopic (exact) mass is 1050 g/mol. The Morgan fingerprint density at radius 2 is 0.811 bits per heavy atom. The molecule has 0 bridgehead atoms. The first-order valence-electron chi connectivity index (χ1n) is 32.9. The number of aliphatic hydroxyl groups excluding tert-OH is 1. The highest BCUT2D eigenvalue weighted by Gasteiger charge is 2.38. The molecule has 438 valence electrons. The molecule has 9 heteroatoms. The van der Waals surface area contributed by atoms with Gasteiger partial charge < -0.3 is 24.1 Å². The average Bonchev–Trinajstić information content (AvgIpc) is 3.77. The van der Waals surface area contributed by atoms with Gasteiger partial charge >= 0.3 is 17.9 Å². The summed E-state index contributed by atoms with van der Waals surface area (Å²) in [5.41, 5.74) is 0. The van der Waals surface area contributed by atoms with Crippen molar-refractivity contribution < 1.29 is 38.4 Å². The number of carbonyl (C=O) groups is 3. The van der Waals surface area contributed by atoms with Crippen LogP contribution in [0.2, 0.25) is 0 Å². The number of likely N-dealkylation sites (tertiary alicyclic amines) is 1. The van der Waals surface area contributed by atoms with Gasteiger partial charge in [-0.1, -0.05) is 259 Å². The maximum atomic E-state index is 13.9. The number of ether oxygens (including phenoxy) is 4. The lowest BCUT2D eigenvalue weighted by molar-refractivity contribution is -0.259. The molecule has 1 aliphatic rings. The van der Waals surface area contributed by atoms with E-state index in [-0.39, 0.29) is 24.0 Å². The standard InChI is InChI=1S/C65H125NO8/c1-6-11-16-21-26-27-29-36-46-55-71-62(68)50-42-38-45-54-66-58-59(67)57-61(66)64(70)72-56-47-37-30-28-33-41-51-63(69)74-65(52-43-34-24-19-14-9-4,53-44-35-25-20-15-10-5)73-60(48-39-31-22-17-12-7-2)49-40-32-23-18-13-8-3/h59-61,67H,6-58H2,1-5H3/t59?,61-/m0/s1. The Morgan fingerprint density at radius 3 is 1.27 bits per heavy atom. The van der Waals surface area contributed by atoms with Gasteiger partial charge in [0.1, 0.15) is 6.04 Å². The van der Waals surface area contributed by atoms with Gasteiger partial charge in [-0.2, -0.15) is 0 Å². The second kappa shape index (κ2) is 52.0. The van der Waals surface area contributed by atoms with Crippen LogP contribution in [0.3, 0.4) is 0 Å². The molecule has 1 unspecified atom stereocenters. The third kappa shape index (κ3) is 41.4. The van der Waals surface area contributed by atoms with Crippen LogP contribution in [0.5, 0.6) is 0 Å². The molecule has 0 spiro atoms. The van der Waals surface area contributed by atoms with E-state index >= 15 is 0 Å². The maximum Gasteiger partial charge on any atom is 0.323 e. The Morgan fingerprint density at radius 1 is 0.446 bits per heavy atom. The lowest BCUT2D eigenvalue weighted by atomic mass is 9.97. The molecule has 1 fully saturated rings. The fourth-order valence-corrected chi connectivity index (χ4v) is 11.0. The van der Waals surface area contributed by atoms with Crippen molar-refractivity contribution in [2.75, 3.05) is 26.3 Å². The van der Waals surface area contributed by atoms with E-state index in [1.54, 1.807) is 0 Å². The molecule has 1 N–H and O–H groups in total. The highest BCUT2D eigenvalue weighted by Crippen LogP contribution is 2.34. The van der Waals surface area contributed by atoms with Crippen LogP contribution in [0.15, 0.2) is 0 Å². The van der Waals surface area contributed by atoms with Gasteiger partial charge in [-0.15, -0.1) is 0 Å². The van der Waals surface area contributed by atoms with E-state index in [0.717, 1.165) is 109 Å². The van der Waals surface area contributed by atoms with E-state index in [2.05, 4.69) is 39.5 Å². The third-order valence-electron chi connectivity index (χ3n) is 15.8. The number of aliphatic hydroxyl groups is 1. The van der Waals surface area contributed by atoms with Gasteiger partial charge in [0.05, 0.1) is 25.4 Å². The Kier molecular flexibility index (Phi) is 49.4. The molecule has 1 saturated heterocycles. The highest BCUT2D eigenvalue weighted by atomic mass is 16.7. The van der Waals surface area contributed by atoms with Crippen LogP contribution in [0.1, 0.15) is 349 Å². The van der Waals surface area contributed by atoms with Crippen molar-refractivity contribution in [2.45, 2.75) is 373 Å². The van der Waals surface area contributed by atoms with E-state index in [1.807, 2.05) is 0 Å². The van der Waals surface area contributed by atoms with Crippen LogP contribution < -0.4 is 0 Å². The van der Waals surface area contributed by atoms with Gasteiger partial charge in [-0.3, -0.25) is 19.3 Å². The van der Waals surface area contributed by atoms with Gasteiger partial charge in [0, 0.05) is 38.6 Å². The summed E-state index contributed by atoms with van der Waals surface area (Å²) in [7, 11) is 0. The lowest BCUT2D eigenvalue weighted by Gasteiger charge is -2.37. The van der Waals surface area contributed by atoms with Crippen LogP contribution in [-0.2, 0) is 33.3 Å². The summed E-state index contributed by atoms with van der Waals surface area (Å²) in [5.74, 6) is -1.25. The van der Waals surface area contributed by atoms with E-state index in [1.165, 1.54) is 186 Å². The van der Waals surface area contributed by atoms with Crippen LogP contribution in [0.25, 0.3) is 0 Å². The average molecular weight is 1050 g/mol. The smallest absolute Gasteiger partial charge is 0.323 e. The first-order valence-corrected chi connectivity index (χ1v) is 32.9. The molecule has 1 heterocycles. The highest BCUT2D eigenvalue weighted by molar-refractivity contribution is 5.76. The molecular weight excluding hydrogens is 923 g/mol. The van der Waals surface area contributed by atoms with Gasteiger partial charge in [-0.05, 0) is 64.3 Å². The minimum Gasteiger partial charge on any atom is -0.466 e. The summed E-state index contributed by atoms with van der Waals surface area (Å²) in [6.07, 6.45) is 53.9. The molecule has 0 aliphatic carbocycles. The lowest BCUT2D eigenvalue weighted by Crippen LogP contribution is -2.42. The summed E-state index contributed by atoms with van der Waals surface area (Å²) >= 11 is 0. The number of esters is 3. The van der Waals surface area contributed by atoms with E-state index in [0.29, 0.717) is 45.6 Å². The topological polar surface area (TPSA) is 112 Å². The Bertz CT molecular complexity index is 1210. The number of rotatable bonds is 57. The summed E-state index contributed by atoms with van der Waals surface area (Å²) in [5, 5.41) is 10.4. The molecule has 2 atom stereocenters. The molecule has 74 heavy (non-hydrogen) atoms. The molecule has 0 aromatic heterocycles. The minimum absolute atomic E-state index is 0.0858. The zero-order chi connectivity index (χ0) is 53.8. The van der Waals surface area contributed by atoms with E-state index in [9.17, 15) is 19.5 Å². The van der Waals surface area contributed by atoms with Crippen LogP contribution in [0, 0.1) is 0 Å². The van der Waals surface area contributed by atoms with Gasteiger partial charge in [0.2, 0.25) is 5.79 Å². The quantitative estimate of drug-likeness (QED) is 0.0275. The minimum atomic E-state index is -0.824. The largest absolute Gasteiger partial charge is 0.466 e. The van der Waals surface area contributed by atoms with Crippen molar-refractivity contribution in [3.63, 3.8) is 0 Å². The molecule has 0 radical (unpaired) electrons.